The molecule has 0 aromatic heterocycles. The van der Waals surface area contributed by atoms with Gasteiger partial charge in [-0.05, 0) is 67.7 Å². The van der Waals surface area contributed by atoms with E-state index in [0.29, 0.717) is 6.92 Å². The smallest absolute Gasteiger partial charge is 0.417 e. The first kappa shape index (κ1) is 32.2. The van der Waals surface area contributed by atoms with Gasteiger partial charge in [-0.25, -0.2) is 0 Å². The van der Waals surface area contributed by atoms with Crippen LogP contribution in [0.5, 0.6) is 0 Å². The number of rotatable bonds is 11. The molecule has 0 fully saturated rings. The fourth-order valence-corrected chi connectivity index (χ4v) is 4.02. The fourth-order valence-electron chi connectivity index (χ4n) is 4.02. The van der Waals surface area contributed by atoms with Crippen LogP contribution in [0.2, 0.25) is 0 Å². The third kappa shape index (κ3) is 8.74. The molecule has 4 unspecified atom stereocenters. The van der Waals surface area contributed by atoms with Crippen molar-refractivity contribution < 1.29 is 42.5 Å². The number of carbonyl (C=O) groups is 3. The lowest BCUT2D eigenvalue weighted by Crippen LogP contribution is -2.50. The highest BCUT2D eigenvalue weighted by molar-refractivity contribution is 5.84. The van der Waals surface area contributed by atoms with Crippen LogP contribution in [0.25, 0.3) is 0 Å². The summed E-state index contributed by atoms with van der Waals surface area (Å²) in [6.07, 6.45) is -7.15. The van der Waals surface area contributed by atoms with Gasteiger partial charge in [-0.1, -0.05) is 20.8 Å². The summed E-state index contributed by atoms with van der Waals surface area (Å²) in [7, 11) is 0. The molecule has 0 rings (SSSR count). The molecular formula is C24H42F3NO6. The molecule has 0 aromatic rings. The largest absolute Gasteiger partial charge is 0.481 e. The number of carboxylic acid groups (broad SMARTS) is 1. The summed E-state index contributed by atoms with van der Waals surface area (Å²) in [4.78, 5) is 38.1. The van der Waals surface area contributed by atoms with E-state index in [4.69, 9.17) is 4.74 Å². The zero-order valence-corrected chi connectivity index (χ0v) is 22.1. The molecule has 0 aromatic carbocycles. The van der Waals surface area contributed by atoms with Gasteiger partial charge in [0, 0.05) is 17.4 Å². The van der Waals surface area contributed by atoms with Gasteiger partial charge in [0.05, 0.1) is 10.8 Å². The lowest BCUT2D eigenvalue weighted by atomic mass is 9.65. The Morgan fingerprint density at radius 3 is 1.74 bits per heavy atom. The van der Waals surface area contributed by atoms with E-state index in [0.717, 1.165) is 0 Å². The number of alkyl halides is 3. The van der Waals surface area contributed by atoms with Crippen molar-refractivity contribution in [2.45, 2.75) is 118 Å². The molecule has 0 aliphatic carbocycles. The molecule has 10 heteroatoms. The number of carboxylic acids is 1. The van der Waals surface area contributed by atoms with Crippen LogP contribution in [-0.4, -0.2) is 51.5 Å². The van der Waals surface area contributed by atoms with Gasteiger partial charge in [0.2, 0.25) is 5.91 Å². The summed E-state index contributed by atoms with van der Waals surface area (Å²) >= 11 is 0. The Kier molecular flexibility index (Phi) is 9.85. The number of amides is 1. The van der Waals surface area contributed by atoms with E-state index < -0.39 is 58.0 Å². The molecular weight excluding hydrogens is 455 g/mol. The van der Waals surface area contributed by atoms with Crippen molar-refractivity contribution >= 4 is 17.8 Å². The van der Waals surface area contributed by atoms with Gasteiger partial charge >= 0.3 is 18.1 Å². The minimum atomic E-state index is -4.90. The minimum Gasteiger partial charge on any atom is -0.481 e. The first-order valence-electron chi connectivity index (χ1n) is 11.4. The second-order valence-electron chi connectivity index (χ2n) is 11.9. The lowest BCUT2D eigenvalue weighted by Gasteiger charge is -2.40. The van der Waals surface area contributed by atoms with E-state index in [-0.39, 0.29) is 25.2 Å². The number of carbonyl (C=O) groups excluding carboxylic acids is 2. The Morgan fingerprint density at radius 2 is 1.38 bits per heavy atom. The highest BCUT2D eigenvalue weighted by Gasteiger charge is 2.52. The second-order valence-corrected chi connectivity index (χ2v) is 11.9. The van der Waals surface area contributed by atoms with Gasteiger partial charge < -0.3 is 20.3 Å². The minimum absolute atomic E-state index is 0.0849. The molecule has 0 aliphatic rings. The maximum absolute atomic E-state index is 13.0. The molecule has 4 atom stereocenters. The topological polar surface area (TPSA) is 113 Å². The van der Waals surface area contributed by atoms with Crippen LogP contribution in [-0.2, 0) is 19.1 Å². The molecule has 3 N–H and O–H groups in total. The third-order valence-electron chi connectivity index (χ3n) is 6.11. The number of esters is 1. The maximum Gasteiger partial charge on any atom is 0.417 e. The van der Waals surface area contributed by atoms with Crippen molar-refractivity contribution in [1.29, 1.82) is 0 Å². The van der Waals surface area contributed by atoms with Crippen molar-refractivity contribution in [3.05, 3.63) is 0 Å². The summed E-state index contributed by atoms with van der Waals surface area (Å²) in [5.74, 6) is -2.40. The number of halogens is 3. The second kappa shape index (κ2) is 10.4. The van der Waals surface area contributed by atoms with Crippen molar-refractivity contribution in [2.75, 3.05) is 0 Å². The van der Waals surface area contributed by atoms with Gasteiger partial charge in [-0.15, -0.1) is 0 Å². The molecule has 0 spiro atoms. The van der Waals surface area contributed by atoms with Crippen molar-refractivity contribution in [2.24, 2.45) is 16.2 Å². The molecule has 34 heavy (non-hydrogen) atoms. The van der Waals surface area contributed by atoms with Gasteiger partial charge in [0.15, 0.2) is 5.60 Å². The van der Waals surface area contributed by atoms with Crippen LogP contribution in [0.15, 0.2) is 0 Å². The molecule has 1 amide bonds. The van der Waals surface area contributed by atoms with E-state index in [9.17, 15) is 37.8 Å². The first-order valence-corrected chi connectivity index (χ1v) is 11.4. The molecule has 0 heterocycles. The number of ether oxygens (including phenoxy) is 1. The molecule has 0 bridgehead atoms. The SMILES string of the molecule is CCC(C)(CC(C)(CC(C)(C)C(=O)NC(C)(C)C)C(=O)O)C(=O)OC(C)CC(C)(O)C(F)(F)F. The molecule has 7 nitrogen and oxygen atoms in total. The number of aliphatic carboxylic acids is 1. The summed E-state index contributed by atoms with van der Waals surface area (Å²) in [6, 6.07) is 0. The monoisotopic (exact) mass is 497 g/mol. The molecule has 0 aliphatic heterocycles. The lowest BCUT2D eigenvalue weighted by molar-refractivity contribution is -0.261. The molecule has 0 saturated carbocycles. The Morgan fingerprint density at radius 1 is 0.912 bits per heavy atom. The van der Waals surface area contributed by atoms with Gasteiger partial charge in [0.25, 0.3) is 0 Å². The van der Waals surface area contributed by atoms with E-state index in [1.165, 1.54) is 20.8 Å². The van der Waals surface area contributed by atoms with E-state index in [2.05, 4.69) is 5.32 Å². The summed E-state index contributed by atoms with van der Waals surface area (Å²) < 4.78 is 44.2. The average Bonchev–Trinajstić information content (AvgIpc) is 2.57. The highest BCUT2D eigenvalue weighted by atomic mass is 19.4. The molecule has 200 valence electrons. The summed E-state index contributed by atoms with van der Waals surface area (Å²) in [5.41, 5.74) is -7.51. The predicted octanol–water partition coefficient (Wildman–Crippen LogP) is 4.85. The Bertz CT molecular complexity index is 757. The third-order valence-corrected chi connectivity index (χ3v) is 6.11. The number of hydrogen-bond acceptors (Lipinski definition) is 5. The average molecular weight is 498 g/mol. The van der Waals surface area contributed by atoms with Crippen LogP contribution in [0, 0.1) is 16.2 Å². The normalized spacial score (nSPS) is 19.2. The quantitative estimate of drug-likeness (QED) is 0.352. The van der Waals surface area contributed by atoms with Crippen molar-refractivity contribution in [3.8, 4) is 0 Å². The highest BCUT2D eigenvalue weighted by Crippen LogP contribution is 2.45. The van der Waals surface area contributed by atoms with Gasteiger partial charge in [0.1, 0.15) is 6.10 Å². The predicted molar refractivity (Wildman–Crippen MR) is 122 cm³/mol. The molecule has 0 radical (unpaired) electrons. The Hall–Kier alpha value is -1.84. The zero-order valence-electron chi connectivity index (χ0n) is 22.1. The fraction of sp³-hybridized carbons (Fsp3) is 0.875. The van der Waals surface area contributed by atoms with Crippen LogP contribution in [0.1, 0.15) is 94.9 Å². The van der Waals surface area contributed by atoms with E-state index in [1.807, 2.05) is 0 Å². The van der Waals surface area contributed by atoms with Gasteiger partial charge in [-0.2, -0.15) is 13.2 Å². The summed E-state index contributed by atoms with van der Waals surface area (Å²) in [6.45, 7) is 15.1. The van der Waals surface area contributed by atoms with Gasteiger partial charge in [-0.3, -0.25) is 14.4 Å². The van der Waals surface area contributed by atoms with E-state index in [1.54, 1.807) is 41.5 Å². The van der Waals surface area contributed by atoms with Crippen LogP contribution >= 0.6 is 0 Å². The number of aliphatic hydroxyl groups is 1. The maximum atomic E-state index is 13.0. The summed E-state index contributed by atoms with van der Waals surface area (Å²) in [5, 5.41) is 22.6. The van der Waals surface area contributed by atoms with Crippen LogP contribution < -0.4 is 5.32 Å². The molecule has 0 saturated heterocycles. The zero-order chi connectivity index (χ0) is 27.6. The van der Waals surface area contributed by atoms with E-state index >= 15 is 0 Å². The first-order chi connectivity index (χ1) is 14.8. The number of hydrogen-bond donors (Lipinski definition) is 3. The Balaban J connectivity index is 5.76. The van der Waals surface area contributed by atoms with Crippen molar-refractivity contribution in [1.82, 2.24) is 5.32 Å². The Labute approximate surface area is 200 Å². The number of nitrogens with one attached hydrogen (secondary N) is 1. The van der Waals surface area contributed by atoms with Crippen LogP contribution in [0.3, 0.4) is 0 Å². The van der Waals surface area contributed by atoms with Crippen molar-refractivity contribution in [3.63, 3.8) is 0 Å². The standard InChI is InChI=1S/C24H42F3NO6/c1-11-21(8,18(32)34-15(2)12-23(10,33)24(25,26)27)14-22(9,17(30)31)13-20(6,7)16(29)28-19(3,4)5/h15,33H,11-14H2,1-10H3,(H,28,29)(H,30,31). The van der Waals surface area contributed by atoms with Crippen LogP contribution in [0.4, 0.5) is 13.2 Å².